The summed E-state index contributed by atoms with van der Waals surface area (Å²) in [6.45, 7) is 8.15. The minimum absolute atomic E-state index is 0.0149. The lowest BCUT2D eigenvalue weighted by molar-refractivity contribution is -0.122. The highest BCUT2D eigenvalue weighted by Gasteiger charge is 2.22. The molecule has 0 aliphatic carbocycles. The van der Waals surface area contributed by atoms with Crippen molar-refractivity contribution in [3.63, 3.8) is 0 Å². The molecule has 104 valence electrons. The van der Waals surface area contributed by atoms with Crippen LogP contribution < -0.4 is 5.32 Å². The van der Waals surface area contributed by atoms with Crippen LogP contribution in [0.1, 0.15) is 47.0 Å². The summed E-state index contributed by atoms with van der Waals surface area (Å²) in [4.78, 5) is 14.0. The highest BCUT2D eigenvalue weighted by atomic mass is 16.5. The molecule has 0 spiro atoms. The lowest BCUT2D eigenvalue weighted by atomic mass is 10.0. The van der Waals surface area contributed by atoms with Crippen LogP contribution in [0.5, 0.6) is 0 Å². The maximum absolute atomic E-state index is 11.2. The van der Waals surface area contributed by atoms with Crippen molar-refractivity contribution in [3.05, 3.63) is 10.4 Å². The van der Waals surface area contributed by atoms with Crippen molar-refractivity contribution < 1.29 is 9.53 Å². The van der Waals surface area contributed by atoms with Gasteiger partial charge in [-0.25, -0.2) is 0 Å². The Bertz CT molecular complexity index is 320. The maximum atomic E-state index is 11.2. The summed E-state index contributed by atoms with van der Waals surface area (Å²) in [5.41, 5.74) is 7.62. The van der Waals surface area contributed by atoms with E-state index >= 15 is 0 Å². The molecule has 0 aromatic heterocycles. The smallest absolute Gasteiger partial charge is 0.219 e. The number of carbonyl (C=O) groups excluding carboxylic acids is 1. The third-order valence-corrected chi connectivity index (χ3v) is 2.76. The quantitative estimate of drug-likeness (QED) is 0.411. The van der Waals surface area contributed by atoms with E-state index < -0.39 is 5.54 Å². The molecular formula is C12H24N4O2. The zero-order valence-electron chi connectivity index (χ0n) is 12.0. The van der Waals surface area contributed by atoms with Crippen molar-refractivity contribution in [1.29, 1.82) is 0 Å². The second-order valence-electron chi connectivity index (χ2n) is 5.53. The van der Waals surface area contributed by atoms with Gasteiger partial charge in [0.25, 0.3) is 0 Å². The molecule has 0 aliphatic rings. The minimum Gasteiger partial charge on any atom is -0.376 e. The Morgan fingerprint density at radius 1 is 1.33 bits per heavy atom. The molecule has 0 aliphatic heterocycles. The van der Waals surface area contributed by atoms with Gasteiger partial charge in [0.05, 0.1) is 5.60 Å². The van der Waals surface area contributed by atoms with Gasteiger partial charge in [-0.2, -0.15) is 0 Å². The first kappa shape index (κ1) is 16.7. The molecule has 0 aromatic carbocycles. The fourth-order valence-corrected chi connectivity index (χ4v) is 1.36. The summed E-state index contributed by atoms with van der Waals surface area (Å²) in [5.74, 6) is 0.0149. The van der Waals surface area contributed by atoms with Crippen LogP contribution in [-0.2, 0) is 9.53 Å². The Morgan fingerprint density at radius 3 is 2.44 bits per heavy atom. The zero-order chi connectivity index (χ0) is 14.2. The number of carbonyl (C=O) groups is 1. The average Bonchev–Trinajstić information content (AvgIpc) is 2.25. The standard InChI is InChI=1S/C12H24N4O2/c1-11(2,15-16-13)8-9-18-12(3,4)7-6-10(17)14-5/h6-9H2,1-5H3,(H,14,17). The van der Waals surface area contributed by atoms with Crippen LogP contribution in [0.25, 0.3) is 10.4 Å². The normalized spacial score (nSPS) is 11.8. The molecule has 0 aromatic rings. The first-order chi connectivity index (χ1) is 8.22. The fraction of sp³-hybridized carbons (Fsp3) is 0.917. The summed E-state index contributed by atoms with van der Waals surface area (Å²) < 4.78 is 5.74. The average molecular weight is 256 g/mol. The van der Waals surface area contributed by atoms with Gasteiger partial charge in [0.2, 0.25) is 5.91 Å². The molecule has 18 heavy (non-hydrogen) atoms. The largest absolute Gasteiger partial charge is 0.376 e. The van der Waals surface area contributed by atoms with E-state index in [0.29, 0.717) is 25.9 Å². The molecule has 1 N–H and O–H groups in total. The van der Waals surface area contributed by atoms with Crippen LogP contribution in [0.3, 0.4) is 0 Å². The second kappa shape index (κ2) is 7.24. The lowest BCUT2D eigenvalue weighted by Crippen LogP contribution is -2.30. The molecule has 0 unspecified atom stereocenters. The molecule has 0 fully saturated rings. The van der Waals surface area contributed by atoms with Crippen LogP contribution in [0.4, 0.5) is 0 Å². The van der Waals surface area contributed by atoms with E-state index in [9.17, 15) is 4.79 Å². The first-order valence-corrected chi connectivity index (χ1v) is 6.13. The van der Waals surface area contributed by atoms with Crippen molar-refractivity contribution in [2.75, 3.05) is 13.7 Å². The van der Waals surface area contributed by atoms with E-state index in [1.54, 1.807) is 7.05 Å². The highest BCUT2D eigenvalue weighted by Crippen LogP contribution is 2.20. The maximum Gasteiger partial charge on any atom is 0.219 e. The van der Waals surface area contributed by atoms with Gasteiger partial charge in [-0.05, 0) is 32.2 Å². The van der Waals surface area contributed by atoms with Gasteiger partial charge in [0.1, 0.15) is 0 Å². The van der Waals surface area contributed by atoms with E-state index in [2.05, 4.69) is 15.3 Å². The van der Waals surface area contributed by atoms with E-state index in [1.807, 2.05) is 27.7 Å². The van der Waals surface area contributed by atoms with Crippen LogP contribution >= 0.6 is 0 Å². The van der Waals surface area contributed by atoms with Gasteiger partial charge in [-0.15, -0.1) is 0 Å². The number of rotatable bonds is 8. The molecule has 0 radical (unpaired) electrons. The molecule has 6 nitrogen and oxygen atoms in total. The summed E-state index contributed by atoms with van der Waals surface area (Å²) >= 11 is 0. The first-order valence-electron chi connectivity index (χ1n) is 6.13. The van der Waals surface area contributed by atoms with Gasteiger partial charge >= 0.3 is 0 Å². The molecular weight excluding hydrogens is 232 g/mol. The Balaban J connectivity index is 4.03. The van der Waals surface area contributed by atoms with Crippen molar-refractivity contribution in [3.8, 4) is 0 Å². The van der Waals surface area contributed by atoms with Gasteiger partial charge < -0.3 is 10.1 Å². The Morgan fingerprint density at radius 2 is 1.94 bits per heavy atom. The number of nitrogens with zero attached hydrogens (tertiary/aromatic N) is 3. The number of azide groups is 1. The molecule has 0 atom stereocenters. The topological polar surface area (TPSA) is 87.1 Å². The molecule has 6 heteroatoms. The molecule has 1 amide bonds. The second-order valence-corrected chi connectivity index (χ2v) is 5.53. The Labute approximate surface area is 109 Å². The predicted molar refractivity (Wildman–Crippen MR) is 71.2 cm³/mol. The summed E-state index contributed by atoms with van der Waals surface area (Å²) in [7, 11) is 1.62. The third kappa shape index (κ3) is 7.92. The summed E-state index contributed by atoms with van der Waals surface area (Å²) in [6.07, 6.45) is 1.76. The van der Waals surface area contributed by atoms with Crippen molar-refractivity contribution in [2.45, 2.75) is 58.1 Å². The minimum atomic E-state index is -0.439. The number of hydrogen-bond acceptors (Lipinski definition) is 3. The predicted octanol–water partition coefficient (Wildman–Crippen LogP) is 2.79. The molecule has 0 bridgehead atoms. The molecule has 0 heterocycles. The zero-order valence-corrected chi connectivity index (χ0v) is 12.0. The van der Waals surface area contributed by atoms with Crippen LogP contribution in [0.2, 0.25) is 0 Å². The van der Waals surface area contributed by atoms with Gasteiger partial charge in [0, 0.05) is 30.5 Å². The fourth-order valence-electron chi connectivity index (χ4n) is 1.36. The van der Waals surface area contributed by atoms with Crippen molar-refractivity contribution in [1.82, 2.24) is 5.32 Å². The Kier molecular flexibility index (Phi) is 6.73. The van der Waals surface area contributed by atoms with E-state index in [1.165, 1.54) is 0 Å². The van der Waals surface area contributed by atoms with E-state index in [4.69, 9.17) is 10.3 Å². The number of ether oxygens (including phenoxy) is 1. The van der Waals surface area contributed by atoms with E-state index in [0.717, 1.165) is 0 Å². The van der Waals surface area contributed by atoms with Crippen LogP contribution in [0, 0.1) is 0 Å². The van der Waals surface area contributed by atoms with Crippen LogP contribution in [-0.4, -0.2) is 30.7 Å². The lowest BCUT2D eigenvalue weighted by Gasteiger charge is -2.27. The van der Waals surface area contributed by atoms with Crippen LogP contribution in [0.15, 0.2) is 5.11 Å². The SMILES string of the molecule is CNC(=O)CCC(C)(C)OCCC(C)(C)N=[N+]=[N-]. The highest BCUT2D eigenvalue weighted by molar-refractivity contribution is 5.75. The van der Waals surface area contributed by atoms with E-state index in [-0.39, 0.29) is 11.5 Å². The van der Waals surface area contributed by atoms with Gasteiger partial charge in [0.15, 0.2) is 0 Å². The molecule has 0 saturated heterocycles. The summed E-state index contributed by atoms with van der Waals surface area (Å²) in [6, 6.07) is 0. The monoisotopic (exact) mass is 256 g/mol. The molecule has 0 rings (SSSR count). The third-order valence-electron chi connectivity index (χ3n) is 2.76. The molecule has 0 saturated carbocycles. The Hall–Kier alpha value is -1.26. The van der Waals surface area contributed by atoms with Crippen molar-refractivity contribution >= 4 is 5.91 Å². The van der Waals surface area contributed by atoms with Gasteiger partial charge in [-0.1, -0.05) is 19.0 Å². The van der Waals surface area contributed by atoms with Gasteiger partial charge in [-0.3, -0.25) is 4.79 Å². The van der Waals surface area contributed by atoms with Crippen molar-refractivity contribution in [2.24, 2.45) is 5.11 Å². The summed E-state index contributed by atoms with van der Waals surface area (Å²) in [5, 5.41) is 6.28. The number of amides is 1. The number of hydrogen-bond donors (Lipinski definition) is 1. The number of nitrogens with one attached hydrogen (secondary N) is 1.